The molecule has 0 heterocycles. The molecule has 2 nitrogen and oxygen atoms in total. The molecule has 0 saturated carbocycles. The third-order valence-electron chi connectivity index (χ3n) is 2.52. The Bertz CT molecular complexity index is 300. The van der Waals surface area contributed by atoms with Crippen LogP contribution in [0.15, 0.2) is 30.3 Å². The van der Waals surface area contributed by atoms with Crippen LogP contribution in [0.5, 0.6) is 0 Å². The molecule has 0 bridgehead atoms. The van der Waals surface area contributed by atoms with Crippen LogP contribution < -0.4 is 0 Å². The predicted octanol–water partition coefficient (Wildman–Crippen LogP) is 2.46. The maximum atomic E-state index is 8.59. The van der Waals surface area contributed by atoms with Crippen molar-refractivity contribution in [1.82, 2.24) is 4.90 Å². The molecule has 1 aromatic rings. The summed E-state index contributed by atoms with van der Waals surface area (Å²) in [6.45, 7) is 4.62. The lowest BCUT2D eigenvalue weighted by atomic mass is 10.1. The van der Waals surface area contributed by atoms with Crippen LogP contribution in [-0.4, -0.2) is 24.5 Å². The van der Waals surface area contributed by atoms with E-state index in [2.05, 4.69) is 42.2 Å². The summed E-state index contributed by atoms with van der Waals surface area (Å²) in [7, 11) is 0. The first-order chi connectivity index (χ1) is 7.36. The van der Waals surface area contributed by atoms with Crippen LogP contribution in [0.2, 0.25) is 0 Å². The number of rotatable bonds is 6. The molecule has 0 N–H and O–H groups in total. The zero-order valence-electron chi connectivity index (χ0n) is 9.32. The van der Waals surface area contributed by atoms with Crippen molar-refractivity contribution in [2.45, 2.75) is 19.8 Å². The van der Waals surface area contributed by atoms with Gasteiger partial charge in [0.1, 0.15) is 0 Å². The maximum Gasteiger partial charge on any atom is 0.0865 e. The van der Waals surface area contributed by atoms with E-state index < -0.39 is 0 Å². The average Bonchev–Trinajstić information content (AvgIpc) is 2.29. The van der Waals surface area contributed by atoms with Gasteiger partial charge in [-0.25, -0.2) is 0 Å². The van der Waals surface area contributed by atoms with Gasteiger partial charge < -0.3 is 0 Å². The molecule has 15 heavy (non-hydrogen) atoms. The summed E-state index contributed by atoms with van der Waals surface area (Å²) in [5, 5.41) is 8.59. The molecule has 2 heteroatoms. The number of nitrogens with zero attached hydrogens (tertiary/aromatic N) is 2. The topological polar surface area (TPSA) is 27.0 Å². The van der Waals surface area contributed by atoms with Crippen molar-refractivity contribution < 1.29 is 0 Å². The number of hydrogen-bond donors (Lipinski definition) is 0. The molecular weight excluding hydrogens is 184 g/mol. The van der Waals surface area contributed by atoms with Crippen LogP contribution in [0.25, 0.3) is 0 Å². The minimum absolute atomic E-state index is 0.547. The minimum atomic E-state index is 0.547. The van der Waals surface area contributed by atoms with Crippen molar-refractivity contribution in [3.05, 3.63) is 35.9 Å². The highest BCUT2D eigenvalue weighted by Gasteiger charge is 2.00. The molecule has 0 fully saturated rings. The van der Waals surface area contributed by atoms with Crippen LogP contribution >= 0.6 is 0 Å². The first kappa shape index (κ1) is 11.7. The van der Waals surface area contributed by atoms with Crippen molar-refractivity contribution in [3.63, 3.8) is 0 Å². The molecule has 0 radical (unpaired) electrons. The first-order valence-corrected chi connectivity index (χ1v) is 5.50. The number of hydrogen-bond acceptors (Lipinski definition) is 2. The van der Waals surface area contributed by atoms with E-state index in [1.54, 1.807) is 0 Å². The first-order valence-electron chi connectivity index (χ1n) is 5.50. The Morgan fingerprint density at radius 1 is 1.27 bits per heavy atom. The second kappa shape index (κ2) is 7.03. The van der Waals surface area contributed by atoms with E-state index in [1.165, 1.54) is 5.56 Å². The fraction of sp³-hybridized carbons (Fsp3) is 0.462. The average molecular weight is 202 g/mol. The van der Waals surface area contributed by atoms with Gasteiger partial charge in [-0.3, -0.25) is 4.90 Å². The highest BCUT2D eigenvalue weighted by molar-refractivity contribution is 5.14. The standard InChI is InChI=1S/C13H18N2/c1-2-15(12-10-14)11-6-9-13-7-4-3-5-8-13/h3-5,7-8H,2,6,9,11-12H2,1H3. The molecule has 1 rings (SSSR count). The number of aryl methyl sites for hydroxylation is 1. The van der Waals surface area contributed by atoms with Gasteiger partial charge in [0.25, 0.3) is 0 Å². The molecule has 0 aliphatic carbocycles. The molecular formula is C13H18N2. The maximum absolute atomic E-state index is 8.59. The van der Waals surface area contributed by atoms with Gasteiger partial charge in [-0.2, -0.15) is 5.26 Å². The summed E-state index contributed by atoms with van der Waals surface area (Å²) >= 11 is 0. The van der Waals surface area contributed by atoms with E-state index in [4.69, 9.17) is 5.26 Å². The fourth-order valence-electron chi connectivity index (χ4n) is 1.60. The Labute approximate surface area is 92.1 Å². The summed E-state index contributed by atoms with van der Waals surface area (Å²) in [4.78, 5) is 2.17. The summed E-state index contributed by atoms with van der Waals surface area (Å²) in [6, 6.07) is 12.7. The van der Waals surface area contributed by atoms with Gasteiger partial charge in [-0.05, 0) is 31.5 Å². The molecule has 80 valence electrons. The Hall–Kier alpha value is -1.33. The van der Waals surface area contributed by atoms with Crippen molar-refractivity contribution in [2.24, 2.45) is 0 Å². The van der Waals surface area contributed by atoms with Crippen LogP contribution in [0.1, 0.15) is 18.9 Å². The van der Waals surface area contributed by atoms with Gasteiger partial charge in [-0.1, -0.05) is 37.3 Å². The second-order valence-corrected chi connectivity index (χ2v) is 3.62. The second-order valence-electron chi connectivity index (χ2n) is 3.62. The van der Waals surface area contributed by atoms with E-state index in [0.29, 0.717) is 6.54 Å². The summed E-state index contributed by atoms with van der Waals surface area (Å²) < 4.78 is 0. The summed E-state index contributed by atoms with van der Waals surface area (Å²) in [5.41, 5.74) is 1.38. The largest absolute Gasteiger partial charge is 0.291 e. The lowest BCUT2D eigenvalue weighted by Gasteiger charge is -2.15. The van der Waals surface area contributed by atoms with Crippen molar-refractivity contribution in [1.29, 1.82) is 5.26 Å². The molecule has 0 spiro atoms. The predicted molar refractivity (Wildman–Crippen MR) is 62.5 cm³/mol. The van der Waals surface area contributed by atoms with E-state index in [-0.39, 0.29) is 0 Å². The molecule has 0 aromatic heterocycles. The highest BCUT2D eigenvalue weighted by Crippen LogP contribution is 2.03. The Morgan fingerprint density at radius 2 is 2.00 bits per heavy atom. The van der Waals surface area contributed by atoms with E-state index in [9.17, 15) is 0 Å². The summed E-state index contributed by atoms with van der Waals surface area (Å²) in [6.07, 6.45) is 2.22. The summed E-state index contributed by atoms with van der Waals surface area (Å²) in [5.74, 6) is 0. The highest BCUT2D eigenvalue weighted by atomic mass is 15.1. The monoisotopic (exact) mass is 202 g/mol. The number of benzene rings is 1. The lowest BCUT2D eigenvalue weighted by Crippen LogP contribution is -2.25. The normalized spacial score (nSPS) is 10.2. The molecule has 0 amide bonds. The van der Waals surface area contributed by atoms with Crippen LogP contribution in [0.3, 0.4) is 0 Å². The van der Waals surface area contributed by atoms with Crippen LogP contribution in [0.4, 0.5) is 0 Å². The smallest absolute Gasteiger partial charge is 0.0865 e. The van der Waals surface area contributed by atoms with Crippen molar-refractivity contribution in [3.8, 4) is 6.07 Å². The molecule has 1 aromatic carbocycles. The Morgan fingerprint density at radius 3 is 2.60 bits per heavy atom. The Balaban J connectivity index is 2.24. The van der Waals surface area contributed by atoms with Crippen molar-refractivity contribution >= 4 is 0 Å². The van der Waals surface area contributed by atoms with Crippen molar-refractivity contribution in [2.75, 3.05) is 19.6 Å². The third kappa shape index (κ3) is 4.62. The van der Waals surface area contributed by atoms with Gasteiger partial charge in [0.05, 0.1) is 12.6 Å². The van der Waals surface area contributed by atoms with Gasteiger partial charge in [0.2, 0.25) is 0 Å². The van der Waals surface area contributed by atoms with Gasteiger partial charge >= 0.3 is 0 Å². The van der Waals surface area contributed by atoms with Gasteiger partial charge in [0.15, 0.2) is 0 Å². The number of nitriles is 1. The Kier molecular flexibility index (Phi) is 5.50. The SMILES string of the molecule is CCN(CC#N)CCCc1ccccc1. The lowest BCUT2D eigenvalue weighted by molar-refractivity contribution is 0.318. The third-order valence-corrected chi connectivity index (χ3v) is 2.52. The minimum Gasteiger partial charge on any atom is -0.291 e. The van der Waals surface area contributed by atoms with Crippen LogP contribution in [-0.2, 0) is 6.42 Å². The van der Waals surface area contributed by atoms with E-state index in [1.807, 2.05) is 6.07 Å². The van der Waals surface area contributed by atoms with Gasteiger partial charge in [-0.15, -0.1) is 0 Å². The van der Waals surface area contributed by atoms with Crippen LogP contribution in [0, 0.1) is 11.3 Å². The molecule has 0 saturated heterocycles. The quantitative estimate of drug-likeness (QED) is 0.663. The molecule has 0 aliphatic rings. The zero-order valence-corrected chi connectivity index (χ0v) is 9.32. The fourth-order valence-corrected chi connectivity index (χ4v) is 1.60. The van der Waals surface area contributed by atoms with Gasteiger partial charge in [0, 0.05) is 0 Å². The molecule has 0 aliphatic heterocycles. The molecule has 0 unspecified atom stereocenters. The van der Waals surface area contributed by atoms with E-state index >= 15 is 0 Å². The molecule has 0 atom stereocenters. The van der Waals surface area contributed by atoms with E-state index in [0.717, 1.165) is 25.9 Å². The zero-order chi connectivity index (χ0) is 10.9.